The third-order valence-corrected chi connectivity index (χ3v) is 2.03. The first-order valence-corrected chi connectivity index (χ1v) is 5.69. The van der Waals surface area contributed by atoms with E-state index in [1.807, 2.05) is 0 Å². The second-order valence-corrected chi connectivity index (χ2v) is 4.89. The van der Waals surface area contributed by atoms with Gasteiger partial charge in [0.15, 0.2) is 0 Å². The predicted octanol–water partition coefficient (Wildman–Crippen LogP) is 0.399. The van der Waals surface area contributed by atoms with Crippen LogP contribution in [0.5, 0.6) is 0 Å². The van der Waals surface area contributed by atoms with Gasteiger partial charge < -0.3 is 15.2 Å². The monoisotopic (exact) mass is 271 g/mol. The van der Waals surface area contributed by atoms with Gasteiger partial charge in [-0.25, -0.2) is 9.59 Å². The number of alkyl carbamates (subject to hydrolysis) is 1. The number of hydrogen-bond acceptors (Lipinski definition) is 4. The van der Waals surface area contributed by atoms with E-state index in [-0.39, 0.29) is 18.8 Å². The van der Waals surface area contributed by atoms with Gasteiger partial charge in [-0.1, -0.05) is 0 Å². The van der Waals surface area contributed by atoms with Gasteiger partial charge in [0, 0.05) is 12.6 Å². The van der Waals surface area contributed by atoms with Crippen LogP contribution in [0.15, 0.2) is 10.9 Å². The Bertz CT molecular complexity index is 523. The fourth-order valence-corrected chi connectivity index (χ4v) is 1.37. The first kappa shape index (κ1) is 14.8. The number of hydrogen-bond donors (Lipinski definition) is 3. The van der Waals surface area contributed by atoms with Gasteiger partial charge in [-0.3, -0.25) is 14.6 Å². The molecule has 0 bridgehead atoms. The normalized spacial score (nSPS) is 11.1. The van der Waals surface area contributed by atoms with Crippen LogP contribution in [0.3, 0.4) is 0 Å². The van der Waals surface area contributed by atoms with Gasteiger partial charge in [-0.05, 0) is 20.8 Å². The molecule has 0 aliphatic carbocycles. The fourth-order valence-electron chi connectivity index (χ4n) is 1.37. The van der Waals surface area contributed by atoms with Crippen LogP contribution in [-0.2, 0) is 11.3 Å². The zero-order valence-electron chi connectivity index (χ0n) is 11.0. The molecule has 8 nitrogen and oxygen atoms in total. The highest BCUT2D eigenvalue weighted by atomic mass is 16.6. The summed E-state index contributed by atoms with van der Waals surface area (Å²) >= 11 is 0. The van der Waals surface area contributed by atoms with Crippen molar-refractivity contribution < 1.29 is 19.4 Å². The van der Waals surface area contributed by atoms with Gasteiger partial charge >= 0.3 is 12.1 Å². The number of carbonyl (C=O) groups excluding carboxylic acids is 1. The second-order valence-electron chi connectivity index (χ2n) is 4.89. The second kappa shape index (κ2) is 5.59. The Balaban J connectivity index is 2.52. The molecule has 0 atom stereocenters. The number of carboxylic acid groups (broad SMARTS) is 1. The lowest BCUT2D eigenvalue weighted by Gasteiger charge is -2.19. The number of H-pyrrole nitrogens is 1. The van der Waals surface area contributed by atoms with Crippen molar-refractivity contribution in [3.8, 4) is 0 Å². The number of aromatic amines is 1. The van der Waals surface area contributed by atoms with Gasteiger partial charge in [0.2, 0.25) is 0 Å². The Morgan fingerprint density at radius 2 is 2.11 bits per heavy atom. The van der Waals surface area contributed by atoms with E-state index in [4.69, 9.17) is 9.84 Å². The molecular weight excluding hydrogens is 254 g/mol. The minimum atomic E-state index is -1.21. The van der Waals surface area contributed by atoms with Crippen molar-refractivity contribution in [2.75, 3.05) is 6.54 Å². The topological polar surface area (TPSA) is 113 Å². The van der Waals surface area contributed by atoms with Crippen LogP contribution in [-0.4, -0.2) is 39.1 Å². The van der Waals surface area contributed by atoms with Crippen molar-refractivity contribution in [3.05, 3.63) is 22.1 Å². The molecule has 0 unspecified atom stereocenters. The number of nitrogens with zero attached hydrogens (tertiary/aromatic N) is 1. The molecule has 0 aromatic carbocycles. The van der Waals surface area contributed by atoms with E-state index in [9.17, 15) is 14.4 Å². The standard InChI is InChI=1S/C11H17N3O5/c1-11(2,3)19-10(18)12-4-5-14-7(9(16)17)6-8(15)13-14/h6H,4-5H2,1-3H3,(H,12,18)(H,13,15)(H,16,17). The molecule has 0 saturated carbocycles. The van der Waals surface area contributed by atoms with Crippen molar-refractivity contribution in [2.45, 2.75) is 32.9 Å². The van der Waals surface area contributed by atoms with E-state index < -0.39 is 23.2 Å². The largest absolute Gasteiger partial charge is 0.477 e. The van der Waals surface area contributed by atoms with Crippen molar-refractivity contribution in [1.29, 1.82) is 0 Å². The van der Waals surface area contributed by atoms with Crippen molar-refractivity contribution in [3.63, 3.8) is 0 Å². The number of carboxylic acids is 1. The molecule has 0 saturated heterocycles. The Kier molecular flexibility index (Phi) is 4.36. The molecule has 0 spiro atoms. The minimum absolute atomic E-state index is 0.128. The Hall–Kier alpha value is -2.25. The molecular formula is C11H17N3O5. The highest BCUT2D eigenvalue weighted by molar-refractivity contribution is 5.85. The van der Waals surface area contributed by atoms with Crippen LogP contribution < -0.4 is 10.9 Å². The van der Waals surface area contributed by atoms with Crippen LogP contribution in [0.25, 0.3) is 0 Å². The number of aromatic nitrogens is 2. The summed E-state index contributed by atoms with van der Waals surface area (Å²) in [7, 11) is 0. The Morgan fingerprint density at radius 1 is 1.47 bits per heavy atom. The third-order valence-electron chi connectivity index (χ3n) is 2.03. The lowest BCUT2D eigenvalue weighted by molar-refractivity contribution is 0.0525. The molecule has 1 aromatic heterocycles. The number of nitrogens with one attached hydrogen (secondary N) is 2. The van der Waals surface area contributed by atoms with E-state index in [1.165, 1.54) is 0 Å². The molecule has 0 aliphatic rings. The van der Waals surface area contributed by atoms with Gasteiger partial charge in [0.1, 0.15) is 11.3 Å². The summed E-state index contributed by atoms with van der Waals surface area (Å²) in [5, 5.41) is 13.7. The van der Waals surface area contributed by atoms with E-state index >= 15 is 0 Å². The average molecular weight is 271 g/mol. The van der Waals surface area contributed by atoms with Crippen LogP contribution in [0.4, 0.5) is 4.79 Å². The average Bonchev–Trinajstić information content (AvgIpc) is 2.57. The molecule has 0 fully saturated rings. The summed E-state index contributed by atoms with van der Waals surface area (Å²) in [6.07, 6.45) is -0.598. The first-order chi connectivity index (χ1) is 8.69. The van der Waals surface area contributed by atoms with Gasteiger partial charge in [-0.2, -0.15) is 0 Å². The molecule has 8 heteroatoms. The SMILES string of the molecule is CC(C)(C)OC(=O)NCCn1[nH]c(=O)cc1C(=O)O. The summed E-state index contributed by atoms with van der Waals surface area (Å²) in [5.41, 5.74) is -1.26. The summed E-state index contributed by atoms with van der Waals surface area (Å²) < 4.78 is 6.17. The van der Waals surface area contributed by atoms with Crippen molar-refractivity contribution >= 4 is 12.1 Å². The highest BCUT2D eigenvalue weighted by Crippen LogP contribution is 2.06. The van der Waals surface area contributed by atoms with E-state index in [2.05, 4.69) is 10.4 Å². The maximum atomic E-state index is 11.3. The number of rotatable bonds is 4. The zero-order chi connectivity index (χ0) is 14.6. The predicted molar refractivity (Wildman–Crippen MR) is 66.2 cm³/mol. The fraction of sp³-hybridized carbons (Fsp3) is 0.545. The van der Waals surface area contributed by atoms with Gasteiger partial charge in [0.05, 0.1) is 6.54 Å². The molecule has 0 aliphatic heterocycles. The molecule has 1 amide bonds. The molecule has 1 heterocycles. The molecule has 1 rings (SSSR count). The Morgan fingerprint density at radius 3 is 2.63 bits per heavy atom. The maximum absolute atomic E-state index is 11.3. The third kappa shape index (κ3) is 4.86. The van der Waals surface area contributed by atoms with E-state index in [1.54, 1.807) is 20.8 Å². The molecule has 3 N–H and O–H groups in total. The molecule has 106 valence electrons. The Labute approximate surface area is 109 Å². The summed E-state index contributed by atoms with van der Waals surface area (Å²) in [6.45, 7) is 5.47. The van der Waals surface area contributed by atoms with Crippen molar-refractivity contribution in [1.82, 2.24) is 15.1 Å². The van der Waals surface area contributed by atoms with E-state index in [0.29, 0.717) is 0 Å². The van der Waals surface area contributed by atoms with Gasteiger partial charge in [0.25, 0.3) is 5.56 Å². The van der Waals surface area contributed by atoms with E-state index in [0.717, 1.165) is 10.7 Å². The molecule has 19 heavy (non-hydrogen) atoms. The van der Waals surface area contributed by atoms with Crippen LogP contribution in [0.2, 0.25) is 0 Å². The maximum Gasteiger partial charge on any atom is 0.407 e. The number of aromatic carboxylic acids is 1. The van der Waals surface area contributed by atoms with Gasteiger partial charge in [-0.15, -0.1) is 0 Å². The van der Waals surface area contributed by atoms with Crippen LogP contribution in [0.1, 0.15) is 31.3 Å². The lowest BCUT2D eigenvalue weighted by atomic mass is 10.2. The number of ether oxygens (including phenoxy) is 1. The highest BCUT2D eigenvalue weighted by Gasteiger charge is 2.16. The first-order valence-electron chi connectivity index (χ1n) is 5.69. The summed E-state index contributed by atoms with van der Waals surface area (Å²) in [4.78, 5) is 33.2. The molecule has 0 radical (unpaired) electrons. The number of amides is 1. The molecule has 1 aromatic rings. The zero-order valence-corrected chi connectivity index (χ0v) is 11.0. The van der Waals surface area contributed by atoms with Crippen LogP contribution >= 0.6 is 0 Å². The summed E-state index contributed by atoms with van der Waals surface area (Å²) in [6, 6.07) is 0.982. The smallest absolute Gasteiger partial charge is 0.407 e. The quantitative estimate of drug-likeness (QED) is 0.733. The van der Waals surface area contributed by atoms with Crippen LogP contribution in [0, 0.1) is 0 Å². The summed E-state index contributed by atoms with van der Waals surface area (Å²) in [5.74, 6) is -1.21. The lowest BCUT2D eigenvalue weighted by Crippen LogP contribution is -2.34. The van der Waals surface area contributed by atoms with Crippen molar-refractivity contribution in [2.24, 2.45) is 0 Å². The number of carbonyl (C=O) groups is 2. The minimum Gasteiger partial charge on any atom is -0.477 e.